The summed E-state index contributed by atoms with van der Waals surface area (Å²) >= 11 is 3.72. The molecule has 0 spiro atoms. The number of nitrogens with zero attached hydrogens (tertiary/aromatic N) is 1. The van der Waals surface area contributed by atoms with Crippen molar-refractivity contribution in [2.75, 3.05) is 23.4 Å². The van der Waals surface area contributed by atoms with Gasteiger partial charge in [0.25, 0.3) is 5.91 Å². The SMILES string of the molecule is O=C1COc2ccccc2N1CC1(CBr)CCCCCC1. The number of hydrogen-bond donors (Lipinski definition) is 0. The summed E-state index contributed by atoms with van der Waals surface area (Å²) in [5.74, 6) is 0.911. The molecule has 2 aliphatic rings. The molecule has 4 heteroatoms. The predicted molar refractivity (Wildman–Crippen MR) is 88.2 cm³/mol. The number of fused-ring (bicyclic) bond motifs is 1. The van der Waals surface area contributed by atoms with Gasteiger partial charge in [0.05, 0.1) is 5.69 Å². The lowest BCUT2D eigenvalue weighted by atomic mass is 9.81. The highest BCUT2D eigenvalue weighted by molar-refractivity contribution is 9.09. The van der Waals surface area contributed by atoms with Crippen molar-refractivity contribution in [2.45, 2.75) is 38.5 Å². The second-order valence-corrected chi connectivity index (χ2v) is 6.84. The Kier molecular flexibility index (Phi) is 4.53. The van der Waals surface area contributed by atoms with Gasteiger partial charge in [-0.3, -0.25) is 4.79 Å². The van der Waals surface area contributed by atoms with Crippen LogP contribution in [0, 0.1) is 5.41 Å². The van der Waals surface area contributed by atoms with Gasteiger partial charge in [-0.1, -0.05) is 53.7 Å². The van der Waals surface area contributed by atoms with Gasteiger partial charge in [0.2, 0.25) is 0 Å². The molecular formula is C17H22BrNO2. The molecule has 1 aromatic carbocycles. The molecule has 1 fully saturated rings. The first-order valence-electron chi connectivity index (χ1n) is 7.82. The summed E-state index contributed by atoms with van der Waals surface area (Å²) in [4.78, 5) is 14.3. The number of benzene rings is 1. The van der Waals surface area contributed by atoms with Crippen LogP contribution in [0.15, 0.2) is 24.3 Å². The van der Waals surface area contributed by atoms with Crippen LogP contribution in [0.1, 0.15) is 38.5 Å². The van der Waals surface area contributed by atoms with Crippen molar-refractivity contribution < 1.29 is 9.53 Å². The Morgan fingerprint density at radius 3 is 2.57 bits per heavy atom. The number of ether oxygens (including phenoxy) is 1. The molecule has 0 unspecified atom stereocenters. The van der Waals surface area contributed by atoms with Crippen LogP contribution in [-0.2, 0) is 4.79 Å². The number of para-hydroxylation sites is 2. The van der Waals surface area contributed by atoms with E-state index in [0.29, 0.717) is 0 Å². The fourth-order valence-corrected chi connectivity index (χ4v) is 4.21. The molecule has 0 radical (unpaired) electrons. The van der Waals surface area contributed by atoms with E-state index in [9.17, 15) is 4.79 Å². The molecule has 1 heterocycles. The number of carbonyl (C=O) groups excluding carboxylic acids is 1. The Hall–Kier alpha value is -1.03. The van der Waals surface area contributed by atoms with Crippen molar-refractivity contribution in [2.24, 2.45) is 5.41 Å². The van der Waals surface area contributed by atoms with Crippen molar-refractivity contribution in [3.05, 3.63) is 24.3 Å². The Morgan fingerprint density at radius 2 is 1.86 bits per heavy atom. The second-order valence-electron chi connectivity index (χ2n) is 6.28. The molecule has 0 N–H and O–H groups in total. The van der Waals surface area contributed by atoms with Gasteiger partial charge < -0.3 is 9.64 Å². The van der Waals surface area contributed by atoms with E-state index < -0.39 is 0 Å². The molecule has 1 amide bonds. The van der Waals surface area contributed by atoms with Crippen LogP contribution < -0.4 is 9.64 Å². The monoisotopic (exact) mass is 351 g/mol. The number of alkyl halides is 1. The fourth-order valence-electron chi connectivity index (χ4n) is 3.48. The van der Waals surface area contributed by atoms with E-state index in [1.165, 1.54) is 38.5 Å². The minimum absolute atomic E-state index is 0.0817. The molecule has 114 valence electrons. The van der Waals surface area contributed by atoms with Gasteiger partial charge in [-0.05, 0) is 30.4 Å². The van der Waals surface area contributed by atoms with E-state index in [2.05, 4.69) is 15.9 Å². The van der Waals surface area contributed by atoms with E-state index in [-0.39, 0.29) is 17.9 Å². The van der Waals surface area contributed by atoms with Gasteiger partial charge in [0, 0.05) is 11.9 Å². The Morgan fingerprint density at radius 1 is 1.14 bits per heavy atom. The van der Waals surface area contributed by atoms with Crippen LogP contribution in [0.2, 0.25) is 0 Å². The van der Waals surface area contributed by atoms with Crippen molar-refractivity contribution in [3.63, 3.8) is 0 Å². The maximum atomic E-state index is 12.4. The largest absolute Gasteiger partial charge is 0.482 e. The predicted octanol–water partition coefficient (Wildman–Crippen LogP) is 4.15. The summed E-state index contributed by atoms with van der Waals surface area (Å²) in [5, 5.41) is 0.965. The summed E-state index contributed by atoms with van der Waals surface area (Å²) < 4.78 is 5.54. The minimum atomic E-state index is 0.0817. The maximum absolute atomic E-state index is 12.4. The topological polar surface area (TPSA) is 29.5 Å². The van der Waals surface area contributed by atoms with E-state index in [4.69, 9.17) is 4.74 Å². The smallest absolute Gasteiger partial charge is 0.265 e. The van der Waals surface area contributed by atoms with Crippen molar-refractivity contribution in [1.82, 2.24) is 0 Å². The average molecular weight is 352 g/mol. The molecule has 3 nitrogen and oxygen atoms in total. The van der Waals surface area contributed by atoms with Crippen molar-refractivity contribution in [3.8, 4) is 5.75 Å². The lowest BCUT2D eigenvalue weighted by molar-refractivity contribution is -0.121. The molecule has 1 aromatic rings. The molecule has 1 aliphatic carbocycles. The molecule has 1 aliphatic heterocycles. The molecule has 0 bridgehead atoms. The zero-order valence-electron chi connectivity index (χ0n) is 12.3. The highest BCUT2D eigenvalue weighted by Gasteiger charge is 2.36. The Labute approximate surface area is 134 Å². The van der Waals surface area contributed by atoms with Gasteiger partial charge in [-0.2, -0.15) is 0 Å². The number of hydrogen-bond acceptors (Lipinski definition) is 2. The zero-order valence-corrected chi connectivity index (χ0v) is 13.9. The van der Waals surface area contributed by atoms with E-state index in [0.717, 1.165) is 23.3 Å². The molecule has 1 saturated carbocycles. The maximum Gasteiger partial charge on any atom is 0.265 e. The number of anilines is 1. The highest BCUT2D eigenvalue weighted by Crippen LogP contribution is 2.40. The molecule has 0 aromatic heterocycles. The Balaban J connectivity index is 1.86. The molecule has 0 atom stereocenters. The summed E-state index contributed by atoms with van der Waals surface area (Å²) in [7, 11) is 0. The average Bonchev–Trinajstić information content (AvgIpc) is 2.76. The minimum Gasteiger partial charge on any atom is -0.482 e. The third kappa shape index (κ3) is 3.10. The number of halogens is 1. The van der Waals surface area contributed by atoms with Crippen LogP contribution in [0.5, 0.6) is 5.75 Å². The van der Waals surface area contributed by atoms with Crippen LogP contribution >= 0.6 is 15.9 Å². The lowest BCUT2D eigenvalue weighted by Gasteiger charge is -2.39. The molecule has 21 heavy (non-hydrogen) atoms. The molecular weight excluding hydrogens is 330 g/mol. The number of rotatable bonds is 3. The van der Waals surface area contributed by atoms with Crippen molar-refractivity contribution in [1.29, 1.82) is 0 Å². The highest BCUT2D eigenvalue weighted by atomic mass is 79.9. The van der Waals surface area contributed by atoms with Crippen LogP contribution in [-0.4, -0.2) is 24.4 Å². The van der Waals surface area contributed by atoms with E-state index in [1.54, 1.807) is 0 Å². The molecule has 3 rings (SSSR count). The first-order chi connectivity index (χ1) is 10.2. The van der Waals surface area contributed by atoms with Crippen LogP contribution in [0.25, 0.3) is 0 Å². The van der Waals surface area contributed by atoms with Gasteiger partial charge in [0.15, 0.2) is 6.61 Å². The van der Waals surface area contributed by atoms with Gasteiger partial charge in [-0.15, -0.1) is 0 Å². The Bertz CT molecular complexity index is 509. The summed E-state index contributed by atoms with van der Waals surface area (Å²) in [5.41, 5.74) is 1.13. The summed E-state index contributed by atoms with van der Waals surface area (Å²) in [6, 6.07) is 7.87. The zero-order chi connectivity index (χ0) is 14.7. The lowest BCUT2D eigenvalue weighted by Crippen LogP contribution is -2.46. The second kappa shape index (κ2) is 6.39. The third-order valence-electron chi connectivity index (χ3n) is 4.75. The molecule has 0 saturated heterocycles. The van der Waals surface area contributed by atoms with Crippen LogP contribution in [0.4, 0.5) is 5.69 Å². The number of carbonyl (C=O) groups is 1. The first-order valence-corrected chi connectivity index (χ1v) is 8.94. The number of amides is 1. The summed E-state index contributed by atoms with van der Waals surface area (Å²) in [6.07, 6.45) is 7.58. The van der Waals surface area contributed by atoms with Gasteiger partial charge in [-0.25, -0.2) is 0 Å². The third-order valence-corrected chi connectivity index (χ3v) is 5.94. The van der Waals surface area contributed by atoms with Gasteiger partial charge >= 0.3 is 0 Å². The van der Waals surface area contributed by atoms with E-state index >= 15 is 0 Å². The van der Waals surface area contributed by atoms with E-state index in [1.807, 2.05) is 29.2 Å². The summed E-state index contributed by atoms with van der Waals surface area (Å²) in [6.45, 7) is 0.965. The van der Waals surface area contributed by atoms with Crippen LogP contribution in [0.3, 0.4) is 0 Å². The fraction of sp³-hybridized carbons (Fsp3) is 0.588. The van der Waals surface area contributed by atoms with Gasteiger partial charge in [0.1, 0.15) is 5.75 Å². The quantitative estimate of drug-likeness (QED) is 0.604. The standard InChI is InChI=1S/C17H22BrNO2/c18-12-17(9-5-1-2-6-10-17)13-19-14-7-3-4-8-15(14)21-11-16(19)20/h3-4,7-8H,1-2,5-6,9-13H2. The van der Waals surface area contributed by atoms with Crippen molar-refractivity contribution >= 4 is 27.5 Å². The normalized spacial score (nSPS) is 21.4. The first kappa shape index (κ1) is 14.9.